The van der Waals surface area contributed by atoms with E-state index in [1.54, 1.807) is 18.3 Å². The van der Waals surface area contributed by atoms with E-state index in [-0.39, 0.29) is 5.69 Å². The molecule has 1 N–H and O–H groups in total. The molecule has 0 aromatic heterocycles. The first-order valence-electron chi connectivity index (χ1n) is 9.98. The predicted octanol–water partition coefficient (Wildman–Crippen LogP) is 5.51. The van der Waals surface area contributed by atoms with Crippen LogP contribution in [0.3, 0.4) is 0 Å². The Morgan fingerprint density at radius 3 is 2.39 bits per heavy atom. The minimum absolute atomic E-state index is 0.0368. The van der Waals surface area contributed by atoms with Crippen LogP contribution in [0.2, 0.25) is 0 Å². The molecule has 3 aromatic rings. The summed E-state index contributed by atoms with van der Waals surface area (Å²) in [5, 5.41) is 14.9. The number of anilines is 1. The van der Waals surface area contributed by atoms with Crippen LogP contribution in [-0.4, -0.2) is 24.4 Å². The Hall–Kier alpha value is -3.87. The molecule has 0 unspecified atom stereocenters. The maximum Gasteiger partial charge on any atom is 0.269 e. The number of para-hydroxylation sites is 1. The lowest BCUT2D eigenvalue weighted by Gasteiger charge is -2.11. The van der Waals surface area contributed by atoms with Crippen molar-refractivity contribution < 1.29 is 14.4 Å². The Balaban J connectivity index is 1.48. The summed E-state index contributed by atoms with van der Waals surface area (Å²) in [7, 11) is 0. The lowest BCUT2D eigenvalue weighted by atomic mass is 10.1. The molecule has 0 aliphatic rings. The monoisotopic (exact) mass is 419 g/mol. The van der Waals surface area contributed by atoms with Gasteiger partial charge in [-0.25, -0.2) is 0 Å². The van der Waals surface area contributed by atoms with Gasteiger partial charge in [0.1, 0.15) is 11.5 Å². The quantitative estimate of drug-likeness (QED) is 0.203. The van der Waals surface area contributed by atoms with Crippen molar-refractivity contribution in [2.75, 3.05) is 18.6 Å². The van der Waals surface area contributed by atoms with Gasteiger partial charge in [-0.15, -0.1) is 0 Å². The molecule has 0 radical (unpaired) electrons. The minimum atomic E-state index is -0.437. The van der Waals surface area contributed by atoms with E-state index in [0.717, 1.165) is 29.0 Å². The number of benzene rings is 3. The summed E-state index contributed by atoms with van der Waals surface area (Å²) < 4.78 is 11.7. The van der Waals surface area contributed by atoms with Crippen LogP contribution in [0.25, 0.3) is 0 Å². The minimum Gasteiger partial charge on any atom is -0.493 e. The van der Waals surface area contributed by atoms with Crippen LogP contribution >= 0.6 is 0 Å². The summed E-state index contributed by atoms with van der Waals surface area (Å²) in [4.78, 5) is 10.3. The number of non-ortho nitro benzene ring substituents is 1. The molecule has 0 saturated carbocycles. The van der Waals surface area contributed by atoms with Crippen LogP contribution in [0.15, 0.2) is 71.8 Å². The first kappa shape index (κ1) is 21.8. The topological polar surface area (TPSA) is 86.0 Å². The lowest BCUT2D eigenvalue weighted by Crippen LogP contribution is -2.06. The zero-order valence-electron chi connectivity index (χ0n) is 17.6. The van der Waals surface area contributed by atoms with Crippen molar-refractivity contribution in [1.29, 1.82) is 0 Å². The van der Waals surface area contributed by atoms with Gasteiger partial charge in [0, 0.05) is 24.1 Å². The van der Waals surface area contributed by atoms with Crippen LogP contribution in [0.1, 0.15) is 23.1 Å². The number of hydrazone groups is 1. The zero-order chi connectivity index (χ0) is 22.1. The maximum absolute atomic E-state index is 10.7. The highest BCUT2D eigenvalue weighted by Gasteiger charge is 2.04. The fraction of sp³-hybridized carbons (Fsp3) is 0.208. The third-order valence-electron chi connectivity index (χ3n) is 4.53. The van der Waals surface area contributed by atoms with E-state index in [9.17, 15) is 10.1 Å². The van der Waals surface area contributed by atoms with Crippen LogP contribution in [-0.2, 0) is 0 Å². The summed E-state index contributed by atoms with van der Waals surface area (Å²) in [6.45, 7) is 5.19. The summed E-state index contributed by atoms with van der Waals surface area (Å²) >= 11 is 0. The van der Waals surface area contributed by atoms with Crippen molar-refractivity contribution in [3.8, 4) is 11.5 Å². The van der Waals surface area contributed by atoms with Gasteiger partial charge in [0.2, 0.25) is 0 Å². The first-order valence-corrected chi connectivity index (χ1v) is 9.98. The number of nitro benzene ring substituents is 1. The van der Waals surface area contributed by atoms with Gasteiger partial charge in [0.15, 0.2) is 0 Å². The van der Waals surface area contributed by atoms with Crippen LogP contribution in [0.4, 0.5) is 11.4 Å². The standard InChI is InChI=1S/C24H25N3O4/c1-18-8-13-23(19(2)16-18)30-14-5-15-31-24-7-4-3-6-20(24)17-25-26-21-9-11-22(12-10-21)27(28)29/h3-4,6-13,16-17,26H,5,14-15H2,1-2H3. The molecule has 31 heavy (non-hydrogen) atoms. The number of nitrogens with one attached hydrogen (secondary N) is 1. The number of nitro groups is 1. The Morgan fingerprint density at radius 1 is 0.968 bits per heavy atom. The second-order valence-electron chi connectivity index (χ2n) is 7.03. The van der Waals surface area contributed by atoms with Gasteiger partial charge in [0.05, 0.1) is 30.0 Å². The fourth-order valence-electron chi connectivity index (χ4n) is 2.94. The van der Waals surface area contributed by atoms with E-state index >= 15 is 0 Å². The normalized spacial score (nSPS) is 10.8. The van der Waals surface area contributed by atoms with Crippen LogP contribution in [0, 0.1) is 24.0 Å². The highest BCUT2D eigenvalue weighted by Crippen LogP contribution is 2.20. The van der Waals surface area contributed by atoms with Gasteiger partial charge in [0.25, 0.3) is 5.69 Å². The molecule has 0 spiro atoms. The molecule has 0 atom stereocenters. The molecule has 0 amide bonds. The molecule has 0 heterocycles. The molecular weight excluding hydrogens is 394 g/mol. The molecular formula is C24H25N3O4. The second-order valence-corrected chi connectivity index (χ2v) is 7.03. The van der Waals surface area contributed by atoms with E-state index in [2.05, 4.69) is 23.5 Å². The van der Waals surface area contributed by atoms with Crippen molar-refractivity contribution in [3.05, 3.63) is 93.5 Å². The maximum atomic E-state index is 10.7. The van der Waals surface area contributed by atoms with Crippen molar-refractivity contribution in [2.45, 2.75) is 20.3 Å². The Bertz CT molecular complexity index is 1050. The van der Waals surface area contributed by atoms with Crippen molar-refractivity contribution in [3.63, 3.8) is 0 Å². The second kappa shape index (κ2) is 10.8. The predicted molar refractivity (Wildman–Crippen MR) is 122 cm³/mol. The third-order valence-corrected chi connectivity index (χ3v) is 4.53. The van der Waals surface area contributed by atoms with Crippen LogP contribution < -0.4 is 14.9 Å². The number of aryl methyl sites for hydroxylation is 2. The summed E-state index contributed by atoms with van der Waals surface area (Å²) in [6, 6.07) is 19.8. The smallest absolute Gasteiger partial charge is 0.269 e. The molecule has 7 heteroatoms. The van der Waals surface area contributed by atoms with Gasteiger partial charge < -0.3 is 9.47 Å². The Labute approximate surface area is 181 Å². The zero-order valence-corrected chi connectivity index (χ0v) is 17.6. The van der Waals surface area contributed by atoms with Gasteiger partial charge >= 0.3 is 0 Å². The number of nitrogens with zero attached hydrogens (tertiary/aromatic N) is 2. The fourth-order valence-corrected chi connectivity index (χ4v) is 2.94. The largest absolute Gasteiger partial charge is 0.493 e. The van der Waals surface area contributed by atoms with E-state index in [4.69, 9.17) is 9.47 Å². The Kier molecular flexibility index (Phi) is 7.59. The Morgan fingerprint density at radius 2 is 1.68 bits per heavy atom. The molecule has 0 bridgehead atoms. The van der Waals surface area contributed by atoms with E-state index in [0.29, 0.717) is 18.9 Å². The number of rotatable bonds is 10. The van der Waals surface area contributed by atoms with Crippen molar-refractivity contribution >= 4 is 17.6 Å². The van der Waals surface area contributed by atoms with Gasteiger partial charge in [-0.3, -0.25) is 15.5 Å². The molecule has 7 nitrogen and oxygen atoms in total. The van der Waals surface area contributed by atoms with Gasteiger partial charge in [-0.2, -0.15) is 5.10 Å². The lowest BCUT2D eigenvalue weighted by molar-refractivity contribution is -0.384. The van der Waals surface area contributed by atoms with Gasteiger partial charge in [-0.1, -0.05) is 29.8 Å². The van der Waals surface area contributed by atoms with Crippen molar-refractivity contribution in [2.24, 2.45) is 5.10 Å². The molecule has 0 aliphatic heterocycles. The molecule has 0 fully saturated rings. The average molecular weight is 419 g/mol. The van der Waals surface area contributed by atoms with Crippen LogP contribution in [0.5, 0.6) is 11.5 Å². The van der Waals surface area contributed by atoms with Gasteiger partial charge in [-0.05, 0) is 49.7 Å². The average Bonchev–Trinajstić information content (AvgIpc) is 2.76. The highest BCUT2D eigenvalue weighted by atomic mass is 16.6. The summed E-state index contributed by atoms with van der Waals surface area (Å²) in [5.74, 6) is 1.62. The van der Waals surface area contributed by atoms with E-state index < -0.39 is 4.92 Å². The summed E-state index contributed by atoms with van der Waals surface area (Å²) in [5.41, 5.74) is 6.73. The number of ether oxygens (including phenoxy) is 2. The molecule has 3 aromatic carbocycles. The SMILES string of the molecule is Cc1ccc(OCCCOc2ccccc2C=NNc2ccc([N+](=O)[O-])cc2)c(C)c1. The third kappa shape index (κ3) is 6.57. The molecule has 3 rings (SSSR count). The summed E-state index contributed by atoms with van der Waals surface area (Å²) in [6.07, 6.45) is 2.41. The number of hydrogen-bond donors (Lipinski definition) is 1. The van der Waals surface area contributed by atoms with E-state index in [1.165, 1.54) is 17.7 Å². The molecule has 160 valence electrons. The van der Waals surface area contributed by atoms with Crippen molar-refractivity contribution in [1.82, 2.24) is 0 Å². The molecule has 0 aliphatic carbocycles. The first-order chi connectivity index (χ1) is 15.0. The van der Waals surface area contributed by atoms with E-state index in [1.807, 2.05) is 43.3 Å². The highest BCUT2D eigenvalue weighted by molar-refractivity contribution is 5.84. The molecule has 0 saturated heterocycles. The number of hydrogen-bond acceptors (Lipinski definition) is 6.